The standard InChI is InChI=1S/C22H24BrF2O3PS.C15H20BrO3PS.C9H6Br2S.C7H5BrF2.CH4/c1-13(2)27-29(26,28-14(3)4)19(12-15-9-10-17(24)18(25)11-15)22-21(23)16-7-5-6-8-20(16)30-22;1-10(2)18-20(17,19-11(3)4)9-14-15(16)12-7-5-6-8-13(12)21-14;10-5-8-9(11)6-3-1-2-4-7(6)12-8;8-4-5-1-2-6(9)7(10)3-5;/h5-11,13-14,19H,12H2,1-4H3;5-8,10-11H,9H2,1-4H3;1-4H,5H2;1-3H,4H2;1H4. The molecule has 0 amide bonds. The van der Waals surface area contributed by atoms with Gasteiger partial charge in [-0.15, -0.1) is 34.0 Å². The van der Waals surface area contributed by atoms with Crippen LogP contribution in [0.15, 0.2) is 123 Å². The van der Waals surface area contributed by atoms with Crippen LogP contribution in [-0.2, 0) is 50.5 Å². The Labute approximate surface area is 487 Å². The molecule has 402 valence electrons. The molecule has 0 saturated carbocycles. The summed E-state index contributed by atoms with van der Waals surface area (Å²) in [5, 5.41) is 4.92. The zero-order chi connectivity index (χ0) is 53.8. The van der Waals surface area contributed by atoms with E-state index in [4.69, 9.17) is 18.1 Å². The van der Waals surface area contributed by atoms with E-state index < -0.39 is 44.1 Å². The fourth-order valence-electron chi connectivity index (χ4n) is 7.10. The number of rotatable bonds is 16. The Morgan fingerprint density at radius 3 is 1.28 bits per heavy atom. The van der Waals surface area contributed by atoms with Gasteiger partial charge in [0.15, 0.2) is 23.3 Å². The molecule has 5 aromatic carbocycles. The molecule has 0 bridgehead atoms. The lowest BCUT2D eigenvalue weighted by atomic mass is 10.1. The van der Waals surface area contributed by atoms with Crippen LogP contribution >= 0.6 is 129 Å². The van der Waals surface area contributed by atoms with Gasteiger partial charge in [-0.05, 0) is 163 Å². The van der Waals surface area contributed by atoms with Crippen molar-refractivity contribution >= 4 is 159 Å². The molecule has 8 rings (SSSR count). The highest BCUT2D eigenvalue weighted by atomic mass is 79.9. The van der Waals surface area contributed by atoms with Crippen LogP contribution in [0.2, 0.25) is 0 Å². The third-order valence-electron chi connectivity index (χ3n) is 9.92. The van der Waals surface area contributed by atoms with Crippen LogP contribution in [0, 0.1) is 23.3 Å². The summed E-state index contributed by atoms with van der Waals surface area (Å²) in [5.41, 5.74) is 0.570. The van der Waals surface area contributed by atoms with Crippen molar-refractivity contribution in [3.05, 3.63) is 172 Å². The van der Waals surface area contributed by atoms with E-state index in [1.54, 1.807) is 39.0 Å². The highest BCUT2D eigenvalue weighted by molar-refractivity contribution is 9.11. The van der Waals surface area contributed by atoms with Crippen molar-refractivity contribution in [1.29, 1.82) is 0 Å². The van der Waals surface area contributed by atoms with E-state index in [9.17, 15) is 26.7 Å². The topological polar surface area (TPSA) is 71.1 Å². The average molecular weight is 1440 g/mol. The number of thiophene rings is 3. The quantitative estimate of drug-likeness (QED) is 0.0545. The van der Waals surface area contributed by atoms with Gasteiger partial charge in [0.05, 0.1) is 30.6 Å². The molecule has 0 saturated heterocycles. The molecule has 0 radical (unpaired) electrons. The van der Waals surface area contributed by atoms with Crippen molar-refractivity contribution in [2.75, 3.05) is 0 Å². The van der Waals surface area contributed by atoms with E-state index in [1.165, 1.54) is 53.7 Å². The summed E-state index contributed by atoms with van der Waals surface area (Å²) in [4.78, 5) is 3.16. The van der Waals surface area contributed by atoms with Crippen molar-refractivity contribution in [3.8, 4) is 0 Å². The molecular weight excluding hydrogens is 1380 g/mol. The summed E-state index contributed by atoms with van der Waals surface area (Å²) in [6, 6.07) is 31.9. The van der Waals surface area contributed by atoms with Crippen molar-refractivity contribution in [2.45, 2.75) is 116 Å². The lowest BCUT2D eigenvalue weighted by molar-refractivity contribution is 0.136. The van der Waals surface area contributed by atoms with Crippen LogP contribution in [-0.4, -0.2) is 24.4 Å². The Balaban J connectivity index is 0.000000232. The molecule has 0 fully saturated rings. The predicted octanol–water partition coefficient (Wildman–Crippen LogP) is 22.5. The van der Waals surface area contributed by atoms with Gasteiger partial charge in [0, 0.05) is 69.0 Å². The van der Waals surface area contributed by atoms with Crippen LogP contribution in [0.25, 0.3) is 30.3 Å². The normalized spacial score (nSPS) is 12.2. The highest BCUT2D eigenvalue weighted by Crippen LogP contribution is 2.66. The summed E-state index contributed by atoms with van der Waals surface area (Å²) >= 11 is 22.4. The van der Waals surface area contributed by atoms with Crippen molar-refractivity contribution in [3.63, 3.8) is 0 Å². The first kappa shape index (κ1) is 64.9. The third kappa shape index (κ3) is 18.2. The lowest BCUT2D eigenvalue weighted by Gasteiger charge is -2.30. The fraction of sp³-hybridized carbons (Fsp3) is 0.333. The second-order valence-corrected chi connectivity index (χ2v) is 28.3. The van der Waals surface area contributed by atoms with E-state index in [2.05, 4.69) is 116 Å². The Morgan fingerprint density at radius 1 is 0.486 bits per heavy atom. The van der Waals surface area contributed by atoms with Crippen molar-refractivity contribution < 1.29 is 44.8 Å². The minimum Gasteiger partial charge on any atom is -0.306 e. The maximum Gasteiger partial charge on any atom is 0.339 e. The zero-order valence-electron chi connectivity index (χ0n) is 41.1. The SMILES string of the molecule is BrCc1sc2ccccc2c1Br.C.CC(C)OP(=O)(Cc1sc2ccccc2c1Br)OC(C)C.CC(C)OP(=O)(OC(C)C)C(Cc1ccc(F)c(F)c1)c1sc2ccccc2c1Br.Fc1ccc(CBr)cc1F. The van der Waals surface area contributed by atoms with Gasteiger partial charge in [-0.25, -0.2) is 17.6 Å². The van der Waals surface area contributed by atoms with Gasteiger partial charge in [-0.1, -0.05) is 106 Å². The van der Waals surface area contributed by atoms with Crippen LogP contribution in [0.3, 0.4) is 0 Å². The molecule has 8 aromatic rings. The second kappa shape index (κ2) is 30.1. The van der Waals surface area contributed by atoms with Crippen LogP contribution in [0.1, 0.15) is 94.2 Å². The van der Waals surface area contributed by atoms with Gasteiger partial charge in [0.2, 0.25) is 0 Å². The van der Waals surface area contributed by atoms with E-state index in [-0.39, 0.29) is 38.3 Å². The zero-order valence-corrected chi connectivity index (χ0v) is 53.2. The first-order chi connectivity index (χ1) is 34.5. The Hall–Kier alpha value is -1.60. The fourth-order valence-corrected chi connectivity index (χ4v) is 20.1. The smallest absolute Gasteiger partial charge is 0.306 e. The number of hydrogen-bond acceptors (Lipinski definition) is 9. The van der Waals surface area contributed by atoms with E-state index in [0.29, 0.717) is 17.1 Å². The number of alkyl halides is 2. The number of hydrogen-bond donors (Lipinski definition) is 0. The Kier molecular flexibility index (Phi) is 26.4. The number of halogens is 9. The van der Waals surface area contributed by atoms with Crippen LogP contribution in [0.4, 0.5) is 17.6 Å². The first-order valence-corrected chi connectivity index (χ1v) is 33.3. The number of fused-ring (bicyclic) bond motifs is 3. The lowest BCUT2D eigenvalue weighted by Crippen LogP contribution is -2.15. The molecule has 0 aliphatic heterocycles. The van der Waals surface area contributed by atoms with Gasteiger partial charge in [-0.2, -0.15) is 0 Å². The Morgan fingerprint density at radius 2 is 0.878 bits per heavy atom. The van der Waals surface area contributed by atoms with E-state index >= 15 is 0 Å². The second-order valence-electron chi connectivity index (χ2n) is 17.4. The van der Waals surface area contributed by atoms with E-state index in [1.807, 2.05) is 75.4 Å². The van der Waals surface area contributed by atoms with Gasteiger partial charge < -0.3 is 18.1 Å². The molecule has 3 heterocycles. The molecule has 0 aliphatic carbocycles. The maximum atomic E-state index is 14.1. The van der Waals surface area contributed by atoms with Gasteiger partial charge in [0.1, 0.15) is 5.66 Å². The summed E-state index contributed by atoms with van der Waals surface area (Å²) < 4.78 is 109. The molecule has 1 atom stereocenters. The van der Waals surface area contributed by atoms with Crippen LogP contribution < -0.4 is 0 Å². The van der Waals surface area contributed by atoms with Crippen molar-refractivity contribution in [2.24, 2.45) is 0 Å². The maximum absolute atomic E-state index is 14.1. The third-order valence-corrected chi connectivity index (χ3v) is 23.8. The molecule has 0 aliphatic rings. The molecule has 6 nitrogen and oxygen atoms in total. The Bertz CT molecular complexity index is 3160. The molecule has 3 aromatic heterocycles. The van der Waals surface area contributed by atoms with Gasteiger partial charge in [-0.3, -0.25) is 9.13 Å². The molecule has 0 N–H and O–H groups in total. The van der Waals surface area contributed by atoms with Gasteiger partial charge >= 0.3 is 15.2 Å². The van der Waals surface area contributed by atoms with E-state index in [0.717, 1.165) is 63.3 Å². The van der Waals surface area contributed by atoms with Gasteiger partial charge in [0.25, 0.3) is 0 Å². The summed E-state index contributed by atoms with van der Waals surface area (Å²) in [5.74, 6) is -3.45. The van der Waals surface area contributed by atoms with Crippen LogP contribution in [0.5, 0.6) is 0 Å². The summed E-state index contributed by atoms with van der Waals surface area (Å²) in [7, 11) is -6.83. The minimum absolute atomic E-state index is 0. The molecule has 74 heavy (non-hydrogen) atoms. The average Bonchev–Trinajstić information content (AvgIpc) is 3.95. The predicted molar refractivity (Wildman–Crippen MR) is 324 cm³/mol. The number of benzene rings is 5. The molecule has 20 heteroatoms. The van der Waals surface area contributed by atoms with Crippen molar-refractivity contribution in [1.82, 2.24) is 0 Å². The largest absolute Gasteiger partial charge is 0.339 e. The first-order valence-electron chi connectivity index (χ1n) is 22.9. The molecule has 1 unspecified atom stereocenters. The molecular formula is C54H59Br5F4O6P2S3. The summed E-state index contributed by atoms with van der Waals surface area (Å²) in [6.07, 6.45) is -0.473. The summed E-state index contributed by atoms with van der Waals surface area (Å²) in [6.45, 7) is 14.7. The molecule has 0 spiro atoms. The minimum atomic E-state index is -3.67. The highest BCUT2D eigenvalue weighted by Gasteiger charge is 2.42. The monoisotopic (exact) mass is 1430 g/mol.